The molecule has 0 atom stereocenters. The molecule has 2 aromatic rings. The van der Waals surface area contributed by atoms with Gasteiger partial charge < -0.3 is 9.84 Å². The molecule has 2 aromatic carbocycles. The van der Waals surface area contributed by atoms with Gasteiger partial charge in [0.2, 0.25) is 0 Å². The first kappa shape index (κ1) is 12.6. The van der Waals surface area contributed by atoms with E-state index in [-0.39, 0.29) is 11.3 Å². The fourth-order valence-electron chi connectivity index (χ4n) is 1.35. The molecule has 0 aliphatic carbocycles. The number of rotatable bonds is 2. The van der Waals surface area contributed by atoms with Gasteiger partial charge in [0.1, 0.15) is 23.3 Å². The summed E-state index contributed by atoms with van der Waals surface area (Å²) in [6.07, 6.45) is 0. The molecule has 3 nitrogen and oxygen atoms in total. The van der Waals surface area contributed by atoms with Gasteiger partial charge in [0.15, 0.2) is 0 Å². The molecule has 1 N–H and O–H groups in total. The zero-order valence-electron chi connectivity index (χ0n) is 9.02. The summed E-state index contributed by atoms with van der Waals surface area (Å²) in [6.45, 7) is 0. The number of nitriles is 1. The van der Waals surface area contributed by atoms with Crippen molar-refractivity contribution in [2.24, 2.45) is 0 Å². The third-order valence-electron chi connectivity index (χ3n) is 2.21. The summed E-state index contributed by atoms with van der Waals surface area (Å²) < 4.78 is 5.48. The predicted octanol–water partition coefficient (Wildman–Crippen LogP) is 4.36. The fraction of sp³-hybridized carbons (Fsp3) is 0. The maximum absolute atomic E-state index is 9.53. The molecule has 0 fully saturated rings. The summed E-state index contributed by atoms with van der Waals surface area (Å²) in [5.74, 6) is 0.668. The number of phenols is 1. The van der Waals surface area contributed by atoms with E-state index >= 15 is 0 Å². The maximum atomic E-state index is 9.53. The Bertz CT molecular complexity index is 635. The van der Waals surface area contributed by atoms with Crippen LogP contribution in [-0.2, 0) is 0 Å². The number of benzene rings is 2. The Hall–Kier alpha value is -1.89. The lowest BCUT2D eigenvalue weighted by Crippen LogP contribution is -1.86. The monoisotopic (exact) mass is 279 g/mol. The van der Waals surface area contributed by atoms with Crippen molar-refractivity contribution >= 4 is 23.2 Å². The van der Waals surface area contributed by atoms with E-state index in [4.69, 9.17) is 33.2 Å². The van der Waals surface area contributed by atoms with E-state index in [9.17, 15) is 5.11 Å². The van der Waals surface area contributed by atoms with Gasteiger partial charge >= 0.3 is 0 Å². The number of nitrogens with zero attached hydrogens (tertiary/aromatic N) is 1. The van der Waals surface area contributed by atoms with E-state index in [1.54, 1.807) is 24.3 Å². The second-order valence-corrected chi connectivity index (χ2v) is 4.31. The molecule has 0 aliphatic rings. The highest BCUT2D eigenvalue weighted by Crippen LogP contribution is 2.33. The van der Waals surface area contributed by atoms with Crippen LogP contribution in [-0.4, -0.2) is 5.11 Å². The molecule has 0 aromatic heterocycles. The van der Waals surface area contributed by atoms with Crippen LogP contribution in [0.25, 0.3) is 0 Å². The van der Waals surface area contributed by atoms with Crippen LogP contribution in [0.5, 0.6) is 17.2 Å². The lowest BCUT2D eigenvalue weighted by Gasteiger charge is -2.08. The molecule has 5 heteroatoms. The van der Waals surface area contributed by atoms with Crippen molar-refractivity contribution < 1.29 is 9.84 Å². The summed E-state index contributed by atoms with van der Waals surface area (Å²) in [5.41, 5.74) is 0.185. The summed E-state index contributed by atoms with van der Waals surface area (Å²) in [4.78, 5) is 0. The highest BCUT2D eigenvalue weighted by atomic mass is 35.5. The van der Waals surface area contributed by atoms with Crippen LogP contribution in [0.2, 0.25) is 10.0 Å². The van der Waals surface area contributed by atoms with E-state index in [1.165, 1.54) is 12.1 Å². The van der Waals surface area contributed by atoms with Gasteiger partial charge in [-0.1, -0.05) is 23.2 Å². The molecule has 2 rings (SSSR count). The van der Waals surface area contributed by atoms with E-state index in [0.29, 0.717) is 21.5 Å². The normalized spacial score (nSPS) is 9.83. The van der Waals surface area contributed by atoms with E-state index < -0.39 is 0 Å². The van der Waals surface area contributed by atoms with Crippen molar-refractivity contribution in [2.45, 2.75) is 0 Å². The van der Waals surface area contributed by atoms with Gasteiger partial charge in [-0.3, -0.25) is 0 Å². The molecule has 0 bridgehead atoms. The second kappa shape index (κ2) is 5.18. The Morgan fingerprint density at radius 3 is 2.50 bits per heavy atom. The van der Waals surface area contributed by atoms with Crippen LogP contribution in [0.1, 0.15) is 5.56 Å². The highest BCUT2D eigenvalue weighted by Gasteiger charge is 2.06. The maximum Gasteiger partial charge on any atom is 0.146 e. The number of hydrogen-bond acceptors (Lipinski definition) is 3. The number of halogens is 2. The van der Waals surface area contributed by atoms with Crippen LogP contribution in [0.3, 0.4) is 0 Å². The highest BCUT2D eigenvalue weighted by molar-refractivity contribution is 6.35. The summed E-state index contributed by atoms with van der Waals surface area (Å²) >= 11 is 11.7. The van der Waals surface area contributed by atoms with Gasteiger partial charge in [0.05, 0.1) is 10.6 Å². The number of phenolic OH excluding ortho intramolecular Hbond substituents is 1. The minimum atomic E-state index is -0.139. The van der Waals surface area contributed by atoms with Crippen molar-refractivity contribution in [3.05, 3.63) is 52.0 Å². The predicted molar refractivity (Wildman–Crippen MR) is 69.4 cm³/mol. The Morgan fingerprint density at radius 1 is 1.11 bits per heavy atom. The third kappa shape index (κ3) is 2.67. The Balaban J connectivity index is 2.29. The van der Waals surface area contributed by atoms with E-state index in [2.05, 4.69) is 0 Å². The molecule has 0 unspecified atom stereocenters. The molecule has 0 heterocycles. The summed E-state index contributed by atoms with van der Waals surface area (Å²) in [6, 6.07) is 11.1. The van der Waals surface area contributed by atoms with Gasteiger partial charge in [-0.2, -0.15) is 5.26 Å². The molecule has 0 saturated carbocycles. The Kier molecular flexibility index (Phi) is 3.61. The first-order chi connectivity index (χ1) is 8.60. The Labute approximate surface area is 114 Å². The second-order valence-electron chi connectivity index (χ2n) is 3.47. The van der Waals surface area contributed by atoms with Gasteiger partial charge in [0, 0.05) is 11.1 Å². The lowest BCUT2D eigenvalue weighted by atomic mass is 10.2. The number of ether oxygens (including phenoxy) is 1. The topological polar surface area (TPSA) is 53.2 Å². The number of aromatic hydroxyl groups is 1. The molecular weight excluding hydrogens is 273 g/mol. The van der Waals surface area contributed by atoms with Crippen molar-refractivity contribution in [1.29, 1.82) is 5.26 Å². The van der Waals surface area contributed by atoms with E-state index in [1.807, 2.05) is 6.07 Å². The minimum Gasteiger partial charge on any atom is -0.506 e. The first-order valence-corrected chi connectivity index (χ1v) is 5.72. The van der Waals surface area contributed by atoms with Crippen LogP contribution in [0.4, 0.5) is 0 Å². The van der Waals surface area contributed by atoms with E-state index in [0.717, 1.165) is 0 Å². The zero-order chi connectivity index (χ0) is 13.1. The first-order valence-electron chi connectivity index (χ1n) is 4.96. The molecule has 0 saturated heterocycles. The molecule has 18 heavy (non-hydrogen) atoms. The molecular formula is C13H7Cl2NO2. The average molecular weight is 280 g/mol. The SMILES string of the molecule is N#Cc1ccc(Oc2ccc(Cl)cc2Cl)cc1O. The van der Waals surface area contributed by atoms with Gasteiger partial charge in [0.25, 0.3) is 0 Å². The molecule has 0 amide bonds. The summed E-state index contributed by atoms with van der Waals surface area (Å²) in [7, 11) is 0. The smallest absolute Gasteiger partial charge is 0.146 e. The largest absolute Gasteiger partial charge is 0.506 e. The summed E-state index contributed by atoms with van der Waals surface area (Å²) in [5, 5.41) is 19.1. The lowest BCUT2D eigenvalue weighted by molar-refractivity contribution is 0.454. The van der Waals surface area contributed by atoms with Crippen LogP contribution >= 0.6 is 23.2 Å². The Morgan fingerprint density at radius 2 is 1.89 bits per heavy atom. The average Bonchev–Trinajstić information content (AvgIpc) is 2.33. The van der Waals surface area contributed by atoms with Crippen molar-refractivity contribution in [3.63, 3.8) is 0 Å². The van der Waals surface area contributed by atoms with Crippen LogP contribution in [0.15, 0.2) is 36.4 Å². The molecule has 0 radical (unpaired) electrons. The van der Waals surface area contributed by atoms with Crippen molar-refractivity contribution in [2.75, 3.05) is 0 Å². The number of hydrogen-bond donors (Lipinski definition) is 1. The minimum absolute atomic E-state index is 0.139. The van der Waals surface area contributed by atoms with Crippen molar-refractivity contribution in [1.82, 2.24) is 0 Å². The van der Waals surface area contributed by atoms with Crippen LogP contribution < -0.4 is 4.74 Å². The standard InChI is InChI=1S/C13H7Cl2NO2/c14-9-2-4-13(11(15)5-9)18-10-3-1-8(7-16)12(17)6-10/h1-6,17H. The zero-order valence-corrected chi connectivity index (χ0v) is 10.5. The fourth-order valence-corrected chi connectivity index (χ4v) is 1.80. The molecule has 0 aliphatic heterocycles. The third-order valence-corrected chi connectivity index (χ3v) is 2.74. The van der Waals surface area contributed by atoms with Crippen LogP contribution in [0, 0.1) is 11.3 Å². The quantitative estimate of drug-likeness (QED) is 0.889. The molecule has 0 spiro atoms. The van der Waals surface area contributed by atoms with Crippen molar-refractivity contribution in [3.8, 4) is 23.3 Å². The molecule has 90 valence electrons. The van der Waals surface area contributed by atoms with Gasteiger partial charge in [-0.15, -0.1) is 0 Å². The van der Waals surface area contributed by atoms with Gasteiger partial charge in [-0.05, 0) is 30.3 Å². The van der Waals surface area contributed by atoms with Gasteiger partial charge in [-0.25, -0.2) is 0 Å².